The number of benzene rings is 1. The predicted molar refractivity (Wildman–Crippen MR) is 116 cm³/mol. The summed E-state index contributed by atoms with van der Waals surface area (Å²) in [5.74, 6) is -0.804. The number of alkyl halides is 3. The van der Waals surface area contributed by atoms with Crippen LogP contribution in [0.15, 0.2) is 35.5 Å². The molecule has 0 spiro atoms. The third-order valence-electron chi connectivity index (χ3n) is 5.77. The molecule has 1 aromatic rings. The van der Waals surface area contributed by atoms with Crippen molar-refractivity contribution in [3.8, 4) is 0 Å². The highest BCUT2D eigenvalue weighted by Crippen LogP contribution is 2.41. The van der Waals surface area contributed by atoms with E-state index < -0.39 is 35.8 Å². The van der Waals surface area contributed by atoms with Gasteiger partial charge in [0, 0.05) is 13.1 Å². The molecule has 4 amide bonds. The summed E-state index contributed by atoms with van der Waals surface area (Å²) in [4.78, 5) is 41.7. The van der Waals surface area contributed by atoms with Crippen molar-refractivity contribution < 1.29 is 27.6 Å². The van der Waals surface area contributed by atoms with Gasteiger partial charge in [-0.15, -0.1) is 0 Å². The van der Waals surface area contributed by atoms with Crippen molar-refractivity contribution in [2.75, 3.05) is 13.6 Å². The van der Waals surface area contributed by atoms with Crippen LogP contribution in [-0.4, -0.2) is 53.3 Å². The molecule has 180 valence electrons. The quantitative estimate of drug-likeness (QED) is 0.674. The highest BCUT2D eigenvalue weighted by atomic mass is 19.4. The Morgan fingerprint density at radius 2 is 1.82 bits per heavy atom. The van der Waals surface area contributed by atoms with Gasteiger partial charge in [0.25, 0.3) is 5.91 Å². The molecule has 0 saturated carbocycles. The largest absolute Gasteiger partial charge is 0.416 e. The number of carbonyl (C=O) groups excluding carboxylic acids is 3. The molecule has 33 heavy (non-hydrogen) atoms. The first kappa shape index (κ1) is 24.6. The van der Waals surface area contributed by atoms with Gasteiger partial charge in [0.05, 0.1) is 29.4 Å². The van der Waals surface area contributed by atoms with Crippen LogP contribution in [0.1, 0.15) is 51.3 Å². The molecular formula is C23H29F3N4O3. The van der Waals surface area contributed by atoms with Crippen molar-refractivity contribution >= 4 is 17.8 Å². The maximum absolute atomic E-state index is 13.7. The van der Waals surface area contributed by atoms with E-state index in [0.29, 0.717) is 12.1 Å². The molecule has 2 aliphatic heterocycles. The van der Waals surface area contributed by atoms with Crippen molar-refractivity contribution in [1.82, 2.24) is 20.4 Å². The molecule has 0 radical (unpaired) electrons. The average Bonchev–Trinajstić information content (AvgIpc) is 3.05. The number of urea groups is 1. The molecule has 0 bridgehead atoms. The lowest BCUT2D eigenvalue weighted by Gasteiger charge is -2.32. The summed E-state index contributed by atoms with van der Waals surface area (Å²) in [5, 5.41) is 5.36. The van der Waals surface area contributed by atoms with Crippen LogP contribution < -0.4 is 10.6 Å². The number of rotatable bonds is 6. The second-order valence-corrected chi connectivity index (χ2v) is 9.13. The van der Waals surface area contributed by atoms with Gasteiger partial charge in [0.15, 0.2) is 0 Å². The molecule has 2 atom stereocenters. The first-order valence-electron chi connectivity index (χ1n) is 10.9. The SMILES string of the molecule is CC(C)CC(C(=O)NC(C)C)N1CC2=C(C1=O)C(c1ccccc1C(F)(F)F)NC(=O)N2C. The Kier molecular flexibility index (Phi) is 6.76. The highest BCUT2D eigenvalue weighted by molar-refractivity contribution is 6.03. The molecule has 2 N–H and O–H groups in total. The number of carbonyl (C=O) groups is 3. The fourth-order valence-corrected chi connectivity index (χ4v) is 4.28. The van der Waals surface area contributed by atoms with Gasteiger partial charge in [-0.2, -0.15) is 13.2 Å². The van der Waals surface area contributed by atoms with Crippen molar-refractivity contribution in [1.29, 1.82) is 0 Å². The standard InChI is InChI=1S/C23H29F3N4O3/c1-12(2)10-16(20(31)27-13(3)4)30-11-17-18(21(30)32)19(28-22(33)29(17)5)14-8-6-7-9-15(14)23(24,25)26/h6-9,12-13,16,19H,10-11H2,1-5H3,(H,27,31)(H,28,33). The van der Waals surface area contributed by atoms with Gasteiger partial charge in [-0.3, -0.25) is 14.5 Å². The summed E-state index contributed by atoms with van der Waals surface area (Å²) < 4.78 is 41.1. The highest BCUT2D eigenvalue weighted by Gasteiger charge is 2.48. The molecule has 7 nitrogen and oxygen atoms in total. The van der Waals surface area contributed by atoms with Gasteiger partial charge in [-0.05, 0) is 37.8 Å². The predicted octanol–water partition coefficient (Wildman–Crippen LogP) is 3.44. The molecule has 0 aliphatic carbocycles. The van der Waals surface area contributed by atoms with Gasteiger partial charge < -0.3 is 15.5 Å². The van der Waals surface area contributed by atoms with Gasteiger partial charge in [0.1, 0.15) is 6.04 Å². The minimum atomic E-state index is -4.66. The van der Waals surface area contributed by atoms with Crippen molar-refractivity contribution in [2.45, 2.75) is 58.4 Å². The van der Waals surface area contributed by atoms with Crippen LogP contribution in [0.2, 0.25) is 0 Å². The molecule has 3 rings (SSSR count). The van der Waals surface area contributed by atoms with Crippen LogP contribution in [-0.2, 0) is 15.8 Å². The summed E-state index contributed by atoms with van der Waals surface area (Å²) in [5.41, 5.74) is -0.771. The zero-order chi connectivity index (χ0) is 24.7. The normalized spacial score (nSPS) is 19.9. The van der Waals surface area contributed by atoms with Gasteiger partial charge in [0.2, 0.25) is 5.91 Å². The van der Waals surface area contributed by atoms with E-state index in [-0.39, 0.29) is 35.5 Å². The number of hydrogen-bond acceptors (Lipinski definition) is 3. The zero-order valence-electron chi connectivity index (χ0n) is 19.3. The molecule has 2 unspecified atom stereocenters. The Morgan fingerprint density at radius 1 is 1.18 bits per heavy atom. The lowest BCUT2D eigenvalue weighted by molar-refractivity contribution is -0.139. The van der Waals surface area contributed by atoms with Crippen molar-refractivity contribution in [2.24, 2.45) is 5.92 Å². The summed E-state index contributed by atoms with van der Waals surface area (Å²) in [6.45, 7) is 7.41. The van der Waals surface area contributed by atoms with Gasteiger partial charge in [-0.1, -0.05) is 32.0 Å². The van der Waals surface area contributed by atoms with Crippen molar-refractivity contribution in [3.63, 3.8) is 0 Å². The van der Waals surface area contributed by atoms with Crippen LogP contribution in [0.4, 0.5) is 18.0 Å². The van der Waals surface area contributed by atoms with E-state index in [0.717, 1.165) is 6.07 Å². The molecule has 10 heteroatoms. The maximum Gasteiger partial charge on any atom is 0.416 e. The Hall–Kier alpha value is -3.04. The lowest BCUT2D eigenvalue weighted by atomic mass is 9.91. The monoisotopic (exact) mass is 466 g/mol. The van der Waals surface area contributed by atoms with Crippen LogP contribution in [0, 0.1) is 5.92 Å². The molecule has 0 saturated heterocycles. The second-order valence-electron chi connectivity index (χ2n) is 9.13. The van der Waals surface area contributed by atoms with E-state index in [4.69, 9.17) is 0 Å². The summed E-state index contributed by atoms with van der Waals surface area (Å²) in [7, 11) is 1.46. The average molecular weight is 467 g/mol. The first-order valence-corrected chi connectivity index (χ1v) is 10.9. The van der Waals surface area contributed by atoms with Crippen LogP contribution >= 0.6 is 0 Å². The number of nitrogens with zero attached hydrogens (tertiary/aromatic N) is 2. The Balaban J connectivity index is 2.06. The van der Waals surface area contributed by atoms with E-state index in [9.17, 15) is 27.6 Å². The number of hydrogen-bond donors (Lipinski definition) is 2. The maximum atomic E-state index is 13.7. The number of amides is 4. The number of halogens is 3. The van der Waals surface area contributed by atoms with E-state index in [1.807, 2.05) is 13.8 Å². The van der Waals surface area contributed by atoms with Crippen LogP contribution in [0.3, 0.4) is 0 Å². The Morgan fingerprint density at radius 3 is 2.39 bits per heavy atom. The van der Waals surface area contributed by atoms with Gasteiger partial charge in [-0.25, -0.2) is 4.79 Å². The summed E-state index contributed by atoms with van der Waals surface area (Å²) in [6, 6.07) is 2.04. The summed E-state index contributed by atoms with van der Waals surface area (Å²) in [6.07, 6.45) is -4.29. The smallest absolute Gasteiger partial charge is 0.352 e. The first-order chi connectivity index (χ1) is 15.3. The van der Waals surface area contributed by atoms with Crippen LogP contribution in [0.25, 0.3) is 0 Å². The Labute approximate surface area is 191 Å². The topological polar surface area (TPSA) is 81.8 Å². The second kappa shape index (κ2) is 9.07. The van der Waals surface area contributed by atoms with Crippen molar-refractivity contribution in [3.05, 3.63) is 46.7 Å². The zero-order valence-corrected chi connectivity index (χ0v) is 19.3. The molecule has 2 heterocycles. The van der Waals surface area contributed by atoms with E-state index in [2.05, 4.69) is 10.6 Å². The Bertz CT molecular complexity index is 987. The molecule has 1 aromatic carbocycles. The third-order valence-corrected chi connectivity index (χ3v) is 5.77. The minimum Gasteiger partial charge on any atom is -0.352 e. The van der Waals surface area contributed by atoms with Crippen LogP contribution in [0.5, 0.6) is 0 Å². The van der Waals surface area contributed by atoms with E-state index in [1.54, 1.807) is 13.8 Å². The number of nitrogens with one attached hydrogen (secondary N) is 2. The molecular weight excluding hydrogens is 437 g/mol. The molecule has 0 aromatic heterocycles. The van der Waals surface area contributed by atoms with E-state index >= 15 is 0 Å². The van der Waals surface area contributed by atoms with Gasteiger partial charge >= 0.3 is 12.2 Å². The molecule has 0 fully saturated rings. The fourth-order valence-electron chi connectivity index (χ4n) is 4.28. The lowest BCUT2D eigenvalue weighted by Crippen LogP contribution is -2.50. The molecule has 2 aliphatic rings. The summed E-state index contributed by atoms with van der Waals surface area (Å²) >= 11 is 0. The fraction of sp³-hybridized carbons (Fsp3) is 0.522. The number of likely N-dealkylation sites (N-methyl/N-ethyl adjacent to an activating group) is 1. The minimum absolute atomic E-state index is 0.0360. The third kappa shape index (κ3) is 4.84. The van der Waals surface area contributed by atoms with E-state index in [1.165, 1.54) is 35.0 Å².